The van der Waals surface area contributed by atoms with Gasteiger partial charge in [0.1, 0.15) is 11.5 Å². The molecule has 1 aliphatic heterocycles. The quantitative estimate of drug-likeness (QED) is 0.340. The standard InChI is InChI=1S/C26H24ClN3O3.ClH/c1-32-19-8-6-16(7-9-19)25-24-21(22-15-20(33-2)10-11-23(22)29-24)12-13-30(25)26(31)28-18-5-3-4-17(27)14-18;/h3-11,14-15,25,29H,12-13H2,1-2H3,(H,28,31);1H. The summed E-state index contributed by atoms with van der Waals surface area (Å²) < 4.78 is 10.8. The fourth-order valence-electron chi connectivity index (χ4n) is 4.51. The summed E-state index contributed by atoms with van der Waals surface area (Å²) in [7, 11) is 3.31. The second-order valence-electron chi connectivity index (χ2n) is 7.99. The molecule has 0 saturated heterocycles. The number of anilines is 1. The van der Waals surface area contributed by atoms with E-state index in [1.165, 1.54) is 5.56 Å². The molecule has 2 N–H and O–H groups in total. The van der Waals surface area contributed by atoms with Crippen LogP contribution in [-0.2, 0) is 6.42 Å². The van der Waals surface area contributed by atoms with Crippen LogP contribution in [0.5, 0.6) is 11.5 Å². The van der Waals surface area contributed by atoms with E-state index in [4.69, 9.17) is 21.1 Å². The fraction of sp³-hybridized carbons (Fsp3) is 0.192. The highest BCUT2D eigenvalue weighted by molar-refractivity contribution is 6.30. The Labute approximate surface area is 209 Å². The Morgan fingerprint density at radius 3 is 2.47 bits per heavy atom. The topological polar surface area (TPSA) is 66.6 Å². The van der Waals surface area contributed by atoms with E-state index in [0.29, 0.717) is 17.3 Å². The van der Waals surface area contributed by atoms with Gasteiger partial charge < -0.3 is 24.7 Å². The summed E-state index contributed by atoms with van der Waals surface area (Å²) in [4.78, 5) is 18.9. The highest BCUT2D eigenvalue weighted by atomic mass is 35.5. The van der Waals surface area contributed by atoms with Crippen LogP contribution in [0.2, 0.25) is 5.02 Å². The highest BCUT2D eigenvalue weighted by Gasteiger charge is 2.34. The van der Waals surface area contributed by atoms with Gasteiger partial charge in [0.2, 0.25) is 0 Å². The number of rotatable bonds is 4. The van der Waals surface area contributed by atoms with Gasteiger partial charge >= 0.3 is 6.03 Å². The number of hydrogen-bond donors (Lipinski definition) is 2. The first kappa shape index (κ1) is 23.8. The van der Waals surface area contributed by atoms with Gasteiger partial charge in [-0.15, -0.1) is 12.4 Å². The Morgan fingerprint density at radius 2 is 1.76 bits per heavy atom. The van der Waals surface area contributed by atoms with Gasteiger partial charge in [0.15, 0.2) is 0 Å². The molecule has 1 aliphatic rings. The van der Waals surface area contributed by atoms with Crippen molar-refractivity contribution >= 4 is 46.6 Å². The molecule has 5 rings (SSSR count). The average Bonchev–Trinajstić information content (AvgIpc) is 3.21. The van der Waals surface area contributed by atoms with Crippen LogP contribution in [0.25, 0.3) is 10.9 Å². The predicted octanol–water partition coefficient (Wildman–Crippen LogP) is 6.44. The van der Waals surface area contributed by atoms with Crippen LogP contribution in [0.3, 0.4) is 0 Å². The van der Waals surface area contributed by atoms with Gasteiger partial charge in [0.05, 0.1) is 20.3 Å². The number of benzene rings is 3. The zero-order valence-corrected chi connectivity index (χ0v) is 20.4. The normalized spacial score (nSPS) is 14.8. The number of H-pyrrole nitrogens is 1. The zero-order valence-electron chi connectivity index (χ0n) is 18.8. The van der Waals surface area contributed by atoms with E-state index in [2.05, 4.69) is 16.4 Å². The van der Waals surface area contributed by atoms with Crippen molar-refractivity contribution in [3.63, 3.8) is 0 Å². The molecule has 0 aliphatic carbocycles. The molecule has 0 saturated carbocycles. The second kappa shape index (κ2) is 9.87. The molecule has 4 aromatic rings. The zero-order chi connectivity index (χ0) is 22.9. The SMILES string of the molecule is COc1ccc(C2c3[nH]c4ccc(OC)cc4c3CCN2C(=O)Nc2cccc(Cl)c2)cc1.Cl. The Balaban J connectivity index is 0.00000274. The molecule has 8 heteroatoms. The lowest BCUT2D eigenvalue weighted by molar-refractivity contribution is 0.193. The number of aromatic amines is 1. The number of ether oxygens (including phenoxy) is 2. The van der Waals surface area contributed by atoms with Crippen molar-refractivity contribution < 1.29 is 14.3 Å². The Bertz CT molecular complexity index is 1320. The van der Waals surface area contributed by atoms with E-state index in [9.17, 15) is 4.79 Å². The summed E-state index contributed by atoms with van der Waals surface area (Å²) in [6, 6.07) is 20.6. The van der Waals surface area contributed by atoms with Gasteiger partial charge in [0.25, 0.3) is 0 Å². The largest absolute Gasteiger partial charge is 0.497 e. The van der Waals surface area contributed by atoms with Crippen LogP contribution in [-0.4, -0.2) is 36.7 Å². The van der Waals surface area contributed by atoms with Crippen LogP contribution >= 0.6 is 24.0 Å². The molecule has 2 amide bonds. The molecule has 1 unspecified atom stereocenters. The lowest BCUT2D eigenvalue weighted by Gasteiger charge is -2.36. The van der Waals surface area contributed by atoms with Crippen LogP contribution in [0.1, 0.15) is 22.9 Å². The third-order valence-corrected chi connectivity index (χ3v) is 6.34. The first-order chi connectivity index (χ1) is 16.1. The number of fused-ring (bicyclic) bond motifs is 3. The lowest BCUT2D eigenvalue weighted by atomic mass is 9.92. The maximum absolute atomic E-state index is 13.4. The van der Waals surface area contributed by atoms with Gasteiger partial charge in [-0.1, -0.05) is 29.8 Å². The number of amides is 2. The molecule has 0 bridgehead atoms. The third-order valence-electron chi connectivity index (χ3n) is 6.10. The maximum atomic E-state index is 13.4. The second-order valence-corrected chi connectivity index (χ2v) is 8.42. The fourth-order valence-corrected chi connectivity index (χ4v) is 4.70. The van der Waals surface area contributed by atoms with Crippen molar-refractivity contribution in [2.75, 3.05) is 26.1 Å². The first-order valence-corrected chi connectivity index (χ1v) is 11.1. The molecule has 0 radical (unpaired) electrons. The molecule has 1 aromatic heterocycles. The lowest BCUT2D eigenvalue weighted by Crippen LogP contribution is -2.43. The van der Waals surface area contributed by atoms with E-state index in [1.54, 1.807) is 26.4 Å². The number of methoxy groups -OCH3 is 2. The summed E-state index contributed by atoms with van der Waals surface area (Å²) in [5, 5.41) is 4.70. The number of nitrogens with one attached hydrogen (secondary N) is 2. The Hall–Kier alpha value is -3.35. The number of hydrogen-bond acceptors (Lipinski definition) is 3. The van der Waals surface area contributed by atoms with Crippen molar-refractivity contribution in [2.45, 2.75) is 12.5 Å². The molecular formula is C26H25Cl2N3O3. The number of halogens is 2. The summed E-state index contributed by atoms with van der Waals surface area (Å²) in [5.74, 6) is 1.58. The third kappa shape index (κ3) is 4.39. The molecule has 3 aromatic carbocycles. The molecule has 0 spiro atoms. The summed E-state index contributed by atoms with van der Waals surface area (Å²) in [5.41, 5.74) is 4.90. The minimum absolute atomic E-state index is 0. The summed E-state index contributed by atoms with van der Waals surface area (Å²) >= 11 is 6.11. The first-order valence-electron chi connectivity index (χ1n) is 10.7. The van der Waals surface area contributed by atoms with E-state index in [0.717, 1.165) is 40.1 Å². The van der Waals surface area contributed by atoms with Crippen molar-refractivity contribution in [2.24, 2.45) is 0 Å². The summed E-state index contributed by atoms with van der Waals surface area (Å²) in [6.45, 7) is 0.570. The minimum Gasteiger partial charge on any atom is -0.497 e. The average molecular weight is 498 g/mol. The molecule has 2 heterocycles. The van der Waals surface area contributed by atoms with E-state index in [-0.39, 0.29) is 24.5 Å². The molecule has 6 nitrogen and oxygen atoms in total. The van der Waals surface area contributed by atoms with Crippen LogP contribution in [0.15, 0.2) is 66.7 Å². The minimum atomic E-state index is -0.280. The van der Waals surface area contributed by atoms with E-state index < -0.39 is 0 Å². The van der Waals surface area contributed by atoms with Crippen molar-refractivity contribution in [3.05, 3.63) is 88.6 Å². The Morgan fingerprint density at radius 1 is 1.03 bits per heavy atom. The van der Waals surface area contributed by atoms with Crippen LogP contribution in [0, 0.1) is 0 Å². The molecule has 1 atom stereocenters. The van der Waals surface area contributed by atoms with Crippen molar-refractivity contribution in [1.29, 1.82) is 0 Å². The Kier molecular flexibility index (Phi) is 6.91. The molecule has 0 fully saturated rings. The summed E-state index contributed by atoms with van der Waals surface area (Å²) in [6.07, 6.45) is 0.734. The van der Waals surface area contributed by atoms with Gasteiger partial charge in [0, 0.05) is 33.9 Å². The van der Waals surface area contributed by atoms with Gasteiger partial charge in [-0.25, -0.2) is 4.79 Å². The van der Waals surface area contributed by atoms with E-state index >= 15 is 0 Å². The number of carbonyl (C=O) groups excluding carboxylic acids is 1. The molecule has 34 heavy (non-hydrogen) atoms. The van der Waals surface area contributed by atoms with Crippen molar-refractivity contribution in [3.8, 4) is 11.5 Å². The highest BCUT2D eigenvalue weighted by Crippen LogP contribution is 2.40. The van der Waals surface area contributed by atoms with Gasteiger partial charge in [-0.2, -0.15) is 0 Å². The molecular weight excluding hydrogens is 473 g/mol. The van der Waals surface area contributed by atoms with Gasteiger partial charge in [-0.05, 0) is 66.1 Å². The smallest absolute Gasteiger partial charge is 0.322 e. The predicted molar refractivity (Wildman–Crippen MR) is 138 cm³/mol. The number of aromatic nitrogens is 1. The van der Waals surface area contributed by atoms with Crippen LogP contribution in [0.4, 0.5) is 10.5 Å². The molecule has 176 valence electrons. The number of urea groups is 1. The maximum Gasteiger partial charge on any atom is 0.322 e. The van der Waals surface area contributed by atoms with Gasteiger partial charge in [-0.3, -0.25) is 0 Å². The number of nitrogens with zero attached hydrogens (tertiary/aromatic N) is 1. The van der Waals surface area contributed by atoms with Crippen molar-refractivity contribution in [1.82, 2.24) is 9.88 Å². The number of carbonyl (C=O) groups is 1. The van der Waals surface area contributed by atoms with E-state index in [1.807, 2.05) is 53.4 Å². The van der Waals surface area contributed by atoms with Crippen LogP contribution < -0.4 is 14.8 Å². The monoisotopic (exact) mass is 497 g/mol.